The molecule has 3 aromatic rings. The largest absolute Gasteiger partial charge is 0.461 e. The molecule has 2 aromatic heterocycles. The smallest absolute Gasteiger partial charge is 0.256 e. The summed E-state index contributed by atoms with van der Waals surface area (Å²) in [6.45, 7) is 0.829. The molecule has 1 aromatic carbocycles. The highest BCUT2D eigenvalue weighted by Gasteiger charge is 2.23. The number of furan rings is 1. The molecule has 0 saturated heterocycles. The van der Waals surface area contributed by atoms with Gasteiger partial charge in [-0.3, -0.25) is 9.69 Å². The van der Waals surface area contributed by atoms with E-state index in [1.165, 1.54) is 6.26 Å². The van der Waals surface area contributed by atoms with Crippen molar-refractivity contribution in [1.29, 1.82) is 0 Å². The van der Waals surface area contributed by atoms with Crippen LogP contribution in [-0.4, -0.2) is 21.4 Å². The maximum absolute atomic E-state index is 13.8. The van der Waals surface area contributed by atoms with E-state index in [1.54, 1.807) is 17.0 Å². The van der Waals surface area contributed by atoms with Crippen LogP contribution in [0.15, 0.2) is 39.7 Å². The number of hydrogen-bond donors (Lipinski definition) is 1. The van der Waals surface area contributed by atoms with Gasteiger partial charge in [0.2, 0.25) is 0 Å². The highest BCUT2D eigenvalue weighted by Crippen LogP contribution is 2.22. The van der Waals surface area contributed by atoms with Crippen molar-refractivity contribution in [3.05, 3.63) is 75.2 Å². The van der Waals surface area contributed by atoms with Gasteiger partial charge in [-0.1, -0.05) is 0 Å². The Labute approximate surface area is 146 Å². The van der Waals surface area contributed by atoms with Crippen LogP contribution < -0.4 is 5.56 Å². The minimum atomic E-state index is -1.22. The van der Waals surface area contributed by atoms with E-state index < -0.39 is 17.5 Å². The van der Waals surface area contributed by atoms with Crippen LogP contribution in [0.25, 0.3) is 11.6 Å². The lowest BCUT2D eigenvalue weighted by Crippen LogP contribution is -2.35. The maximum atomic E-state index is 13.8. The van der Waals surface area contributed by atoms with Gasteiger partial charge in [0.05, 0.1) is 17.5 Å². The zero-order valence-corrected chi connectivity index (χ0v) is 13.6. The van der Waals surface area contributed by atoms with E-state index >= 15 is 0 Å². The number of fused-ring (bicyclic) bond motifs is 1. The van der Waals surface area contributed by atoms with Crippen LogP contribution in [0.5, 0.6) is 0 Å². The summed E-state index contributed by atoms with van der Waals surface area (Å²) in [5, 5.41) is 0. The van der Waals surface area contributed by atoms with Gasteiger partial charge in [-0.25, -0.2) is 18.2 Å². The van der Waals surface area contributed by atoms with E-state index in [0.717, 1.165) is 6.07 Å². The van der Waals surface area contributed by atoms with Crippen LogP contribution in [0.2, 0.25) is 0 Å². The van der Waals surface area contributed by atoms with Gasteiger partial charge < -0.3 is 9.40 Å². The molecule has 0 unspecified atom stereocenters. The molecule has 134 valence electrons. The maximum Gasteiger partial charge on any atom is 0.256 e. The molecule has 1 aliphatic rings. The first kappa shape index (κ1) is 16.6. The van der Waals surface area contributed by atoms with Gasteiger partial charge in [0.15, 0.2) is 23.2 Å². The Kier molecular flexibility index (Phi) is 4.12. The van der Waals surface area contributed by atoms with Crippen molar-refractivity contribution in [3.63, 3.8) is 0 Å². The van der Waals surface area contributed by atoms with Gasteiger partial charge in [0.25, 0.3) is 5.56 Å². The summed E-state index contributed by atoms with van der Waals surface area (Å²) in [4.78, 5) is 21.3. The normalized spacial score (nSPS) is 14.4. The molecule has 4 rings (SSSR count). The summed E-state index contributed by atoms with van der Waals surface area (Å²) < 4.78 is 45.5. The molecule has 0 fully saturated rings. The fourth-order valence-corrected chi connectivity index (χ4v) is 3.07. The van der Waals surface area contributed by atoms with Gasteiger partial charge in [-0.2, -0.15) is 0 Å². The van der Waals surface area contributed by atoms with Crippen molar-refractivity contribution >= 4 is 0 Å². The number of aromatic amines is 1. The predicted octanol–water partition coefficient (Wildman–Crippen LogP) is 3.01. The second-order valence-corrected chi connectivity index (χ2v) is 6.14. The lowest BCUT2D eigenvalue weighted by Gasteiger charge is -2.27. The van der Waals surface area contributed by atoms with Gasteiger partial charge >= 0.3 is 0 Å². The molecule has 0 aliphatic carbocycles. The van der Waals surface area contributed by atoms with Crippen molar-refractivity contribution in [1.82, 2.24) is 14.9 Å². The molecule has 0 radical (unpaired) electrons. The molecular weight excluding hydrogens is 347 g/mol. The summed E-state index contributed by atoms with van der Waals surface area (Å²) in [6, 6.07) is 4.79. The topological polar surface area (TPSA) is 62.1 Å². The Bertz CT molecular complexity index is 1020. The van der Waals surface area contributed by atoms with E-state index in [4.69, 9.17) is 4.42 Å². The van der Waals surface area contributed by atoms with Crippen LogP contribution in [-0.2, 0) is 19.5 Å². The van der Waals surface area contributed by atoms with Gasteiger partial charge in [0, 0.05) is 37.7 Å². The molecule has 8 heteroatoms. The lowest BCUT2D eigenvalue weighted by molar-refractivity contribution is 0.238. The van der Waals surface area contributed by atoms with Gasteiger partial charge in [0.1, 0.15) is 5.82 Å². The summed E-state index contributed by atoms with van der Waals surface area (Å²) >= 11 is 0. The Hall–Kier alpha value is -2.87. The minimum absolute atomic E-state index is 0.0453. The molecule has 3 heterocycles. The zero-order valence-electron chi connectivity index (χ0n) is 13.6. The predicted molar refractivity (Wildman–Crippen MR) is 86.7 cm³/mol. The SMILES string of the molecule is O=c1[nH]c(-c2ccco2)nc2c1CN(Cc1cc(F)c(F)cc1F)CC2. The number of nitrogens with one attached hydrogen (secondary N) is 1. The van der Waals surface area contributed by atoms with Crippen LogP contribution in [0.1, 0.15) is 16.8 Å². The second-order valence-electron chi connectivity index (χ2n) is 6.14. The van der Waals surface area contributed by atoms with Crippen molar-refractivity contribution in [2.75, 3.05) is 6.54 Å². The summed E-state index contributed by atoms with van der Waals surface area (Å²) in [5.41, 5.74) is 0.887. The summed E-state index contributed by atoms with van der Waals surface area (Å²) in [6.07, 6.45) is 1.98. The highest BCUT2D eigenvalue weighted by molar-refractivity contribution is 5.47. The molecule has 0 bridgehead atoms. The third-order valence-electron chi connectivity index (χ3n) is 4.39. The van der Waals surface area contributed by atoms with Crippen molar-refractivity contribution in [3.8, 4) is 11.6 Å². The molecule has 0 amide bonds. The first-order valence-corrected chi connectivity index (χ1v) is 8.03. The second kappa shape index (κ2) is 6.45. The molecule has 1 N–H and O–H groups in total. The number of hydrogen-bond acceptors (Lipinski definition) is 4. The van der Waals surface area contributed by atoms with E-state index in [0.29, 0.717) is 41.9 Å². The van der Waals surface area contributed by atoms with Crippen LogP contribution >= 0.6 is 0 Å². The molecule has 1 aliphatic heterocycles. The zero-order chi connectivity index (χ0) is 18.3. The van der Waals surface area contributed by atoms with E-state index in [9.17, 15) is 18.0 Å². The fourth-order valence-electron chi connectivity index (χ4n) is 3.07. The first-order chi connectivity index (χ1) is 12.5. The minimum Gasteiger partial charge on any atom is -0.461 e. The number of halogens is 3. The highest BCUT2D eigenvalue weighted by atomic mass is 19.2. The standard InChI is InChI=1S/C18H14F3N3O2/c19-12-7-14(21)13(20)6-10(12)8-24-4-3-15-11(9-24)18(25)23-17(22-15)16-2-1-5-26-16/h1-2,5-7H,3-4,8-9H2,(H,22,23,25). The van der Waals surface area contributed by atoms with Crippen LogP contribution in [0.3, 0.4) is 0 Å². The first-order valence-electron chi connectivity index (χ1n) is 8.03. The van der Waals surface area contributed by atoms with Crippen LogP contribution in [0.4, 0.5) is 13.2 Å². The van der Waals surface area contributed by atoms with Gasteiger partial charge in [-0.05, 0) is 18.2 Å². The summed E-state index contributed by atoms with van der Waals surface area (Å²) in [5.74, 6) is -2.30. The molecule has 26 heavy (non-hydrogen) atoms. The monoisotopic (exact) mass is 361 g/mol. The Morgan fingerprint density at radius 2 is 2.00 bits per heavy atom. The van der Waals surface area contributed by atoms with Crippen molar-refractivity contribution in [2.24, 2.45) is 0 Å². The van der Waals surface area contributed by atoms with Crippen molar-refractivity contribution < 1.29 is 17.6 Å². The van der Waals surface area contributed by atoms with Crippen LogP contribution in [0, 0.1) is 17.5 Å². The molecule has 0 saturated carbocycles. The summed E-state index contributed by atoms with van der Waals surface area (Å²) in [7, 11) is 0. The number of nitrogens with zero attached hydrogens (tertiary/aromatic N) is 2. The molecule has 0 atom stereocenters. The van der Waals surface area contributed by atoms with E-state index in [1.807, 2.05) is 0 Å². The number of aromatic nitrogens is 2. The Morgan fingerprint density at radius 3 is 2.77 bits per heavy atom. The molecule has 0 spiro atoms. The quantitative estimate of drug-likeness (QED) is 0.729. The third kappa shape index (κ3) is 3.03. The Morgan fingerprint density at radius 1 is 1.19 bits per heavy atom. The lowest BCUT2D eigenvalue weighted by atomic mass is 10.1. The number of H-pyrrole nitrogens is 1. The van der Waals surface area contributed by atoms with E-state index in [2.05, 4.69) is 9.97 Å². The average Bonchev–Trinajstić information content (AvgIpc) is 3.15. The van der Waals surface area contributed by atoms with Crippen molar-refractivity contribution in [2.45, 2.75) is 19.5 Å². The Balaban J connectivity index is 1.59. The number of rotatable bonds is 3. The molecule has 5 nitrogen and oxygen atoms in total. The van der Waals surface area contributed by atoms with E-state index in [-0.39, 0.29) is 24.2 Å². The molecular formula is C18H14F3N3O2. The number of benzene rings is 1. The third-order valence-corrected chi connectivity index (χ3v) is 4.39. The average molecular weight is 361 g/mol. The fraction of sp³-hybridized carbons (Fsp3) is 0.222. The van der Waals surface area contributed by atoms with Gasteiger partial charge in [-0.15, -0.1) is 0 Å².